The fraction of sp³-hybridized carbons (Fsp3) is 0.800. The molecule has 2 fully saturated rings. The van der Waals surface area contributed by atoms with E-state index < -0.39 is 0 Å². The van der Waals surface area contributed by atoms with Crippen molar-refractivity contribution in [3.8, 4) is 0 Å². The first-order chi connectivity index (χ1) is 9.29. The van der Waals surface area contributed by atoms with Crippen molar-refractivity contribution < 1.29 is 5.11 Å². The number of aryl methyl sites for hydroxylation is 1. The molecule has 1 saturated carbocycles. The highest BCUT2D eigenvalue weighted by Crippen LogP contribution is 2.36. The first-order valence-corrected chi connectivity index (χ1v) is 7.71. The molecule has 1 aromatic rings. The Morgan fingerprint density at radius 3 is 2.95 bits per heavy atom. The van der Waals surface area contributed by atoms with Gasteiger partial charge in [-0.3, -0.25) is 4.90 Å². The summed E-state index contributed by atoms with van der Waals surface area (Å²) < 4.78 is 2.22. The van der Waals surface area contributed by atoms with Crippen molar-refractivity contribution in [3.05, 3.63) is 18.2 Å². The van der Waals surface area contributed by atoms with Crippen molar-refractivity contribution >= 4 is 0 Å². The molecule has 4 heteroatoms. The largest absolute Gasteiger partial charge is 0.393 e. The number of aliphatic hydroxyl groups is 1. The maximum atomic E-state index is 10.1. The van der Waals surface area contributed by atoms with Crippen LogP contribution in [0.15, 0.2) is 12.4 Å². The molecule has 4 nitrogen and oxygen atoms in total. The first kappa shape index (κ1) is 13.1. The number of nitrogens with zero attached hydrogens (tertiary/aromatic N) is 3. The maximum absolute atomic E-state index is 10.1. The summed E-state index contributed by atoms with van der Waals surface area (Å²) >= 11 is 0. The summed E-state index contributed by atoms with van der Waals surface area (Å²) in [5.41, 5.74) is 0. The van der Waals surface area contributed by atoms with Crippen molar-refractivity contribution in [2.45, 2.75) is 64.3 Å². The molecule has 0 spiro atoms. The Hall–Kier alpha value is -0.870. The number of aliphatic hydroxyl groups excluding tert-OH is 1. The van der Waals surface area contributed by atoms with E-state index in [9.17, 15) is 5.11 Å². The monoisotopic (exact) mass is 263 g/mol. The fourth-order valence-corrected chi connectivity index (χ4v) is 3.91. The van der Waals surface area contributed by atoms with Crippen molar-refractivity contribution in [1.82, 2.24) is 14.5 Å². The second kappa shape index (κ2) is 5.63. The van der Waals surface area contributed by atoms with Crippen LogP contribution in [-0.4, -0.2) is 38.2 Å². The third-order valence-corrected chi connectivity index (χ3v) is 4.93. The molecule has 2 aliphatic rings. The highest BCUT2D eigenvalue weighted by molar-refractivity contribution is 4.97. The lowest BCUT2D eigenvalue weighted by atomic mass is 9.94. The molecular formula is C15H25N3O. The molecule has 1 aromatic heterocycles. The number of imidazole rings is 1. The lowest BCUT2D eigenvalue weighted by molar-refractivity contribution is 0.0705. The van der Waals surface area contributed by atoms with Gasteiger partial charge in [0, 0.05) is 30.9 Å². The number of hydrogen-bond donors (Lipinski definition) is 1. The fourth-order valence-electron chi connectivity index (χ4n) is 3.91. The standard InChI is InChI=1S/C15H25N3O/c1-2-17-10-8-16-15(17)11-18-9-4-6-13(18)12-5-3-7-14(12)19/h8,10,12-14,19H,2-7,9,11H2,1H3. The van der Waals surface area contributed by atoms with E-state index in [1.54, 1.807) is 0 Å². The van der Waals surface area contributed by atoms with E-state index in [-0.39, 0.29) is 6.10 Å². The summed E-state index contributed by atoms with van der Waals surface area (Å²) in [6, 6.07) is 0.569. The molecule has 106 valence electrons. The van der Waals surface area contributed by atoms with Crippen LogP contribution < -0.4 is 0 Å². The Morgan fingerprint density at radius 2 is 2.21 bits per heavy atom. The lowest BCUT2D eigenvalue weighted by Crippen LogP contribution is -2.39. The van der Waals surface area contributed by atoms with Crippen LogP contribution in [0.3, 0.4) is 0 Å². The lowest BCUT2D eigenvalue weighted by Gasteiger charge is -2.31. The molecule has 1 aliphatic heterocycles. The van der Waals surface area contributed by atoms with E-state index in [0.717, 1.165) is 26.1 Å². The van der Waals surface area contributed by atoms with Gasteiger partial charge in [-0.1, -0.05) is 6.42 Å². The zero-order chi connectivity index (χ0) is 13.2. The van der Waals surface area contributed by atoms with Gasteiger partial charge in [0.2, 0.25) is 0 Å². The molecule has 3 rings (SSSR count). The molecule has 0 aromatic carbocycles. The van der Waals surface area contributed by atoms with Gasteiger partial charge in [0.1, 0.15) is 5.82 Å². The maximum Gasteiger partial charge on any atom is 0.122 e. The minimum atomic E-state index is -0.0727. The Morgan fingerprint density at radius 1 is 1.32 bits per heavy atom. The minimum Gasteiger partial charge on any atom is -0.393 e. The summed E-state index contributed by atoms with van der Waals surface area (Å²) in [6.45, 7) is 5.24. The molecule has 0 amide bonds. The van der Waals surface area contributed by atoms with Crippen LogP contribution in [-0.2, 0) is 13.1 Å². The summed E-state index contributed by atoms with van der Waals surface area (Å²) in [7, 11) is 0. The molecule has 0 bridgehead atoms. The van der Waals surface area contributed by atoms with Gasteiger partial charge in [-0.2, -0.15) is 0 Å². The van der Waals surface area contributed by atoms with Gasteiger partial charge in [-0.05, 0) is 39.2 Å². The molecule has 1 N–H and O–H groups in total. The Kier molecular flexibility index (Phi) is 3.89. The average Bonchev–Trinajstić information content (AvgIpc) is 3.10. The molecule has 1 aliphatic carbocycles. The smallest absolute Gasteiger partial charge is 0.122 e. The van der Waals surface area contributed by atoms with Gasteiger partial charge in [0.05, 0.1) is 12.6 Å². The molecule has 19 heavy (non-hydrogen) atoms. The SMILES string of the molecule is CCn1ccnc1CN1CCCC1C1CCCC1O. The minimum absolute atomic E-state index is 0.0727. The molecule has 0 radical (unpaired) electrons. The zero-order valence-electron chi connectivity index (χ0n) is 11.8. The molecule has 3 unspecified atom stereocenters. The Labute approximate surface area is 115 Å². The number of likely N-dealkylation sites (tertiary alicyclic amines) is 1. The van der Waals surface area contributed by atoms with Gasteiger partial charge in [-0.25, -0.2) is 4.98 Å². The normalized spacial score (nSPS) is 32.2. The van der Waals surface area contributed by atoms with Crippen LogP contribution in [0.2, 0.25) is 0 Å². The quantitative estimate of drug-likeness (QED) is 0.903. The highest BCUT2D eigenvalue weighted by Gasteiger charge is 2.38. The number of rotatable bonds is 4. The zero-order valence-corrected chi connectivity index (χ0v) is 11.8. The Bertz CT molecular complexity index is 417. The van der Waals surface area contributed by atoms with Gasteiger partial charge in [0.15, 0.2) is 0 Å². The summed E-state index contributed by atoms with van der Waals surface area (Å²) in [5.74, 6) is 1.66. The van der Waals surface area contributed by atoms with Crippen LogP contribution >= 0.6 is 0 Å². The van der Waals surface area contributed by atoms with E-state index >= 15 is 0 Å². The van der Waals surface area contributed by atoms with Crippen molar-refractivity contribution in [2.24, 2.45) is 5.92 Å². The van der Waals surface area contributed by atoms with Crippen molar-refractivity contribution in [3.63, 3.8) is 0 Å². The van der Waals surface area contributed by atoms with Crippen molar-refractivity contribution in [1.29, 1.82) is 0 Å². The summed E-state index contributed by atoms with van der Waals surface area (Å²) in [4.78, 5) is 7.04. The summed E-state index contributed by atoms with van der Waals surface area (Å²) in [6.07, 6.45) is 9.79. The topological polar surface area (TPSA) is 41.3 Å². The van der Waals surface area contributed by atoms with Crippen LogP contribution in [0.5, 0.6) is 0 Å². The third-order valence-electron chi connectivity index (χ3n) is 4.93. The van der Waals surface area contributed by atoms with Crippen molar-refractivity contribution in [2.75, 3.05) is 6.54 Å². The van der Waals surface area contributed by atoms with Crippen LogP contribution in [0.4, 0.5) is 0 Å². The number of aromatic nitrogens is 2. The van der Waals surface area contributed by atoms with Gasteiger partial charge >= 0.3 is 0 Å². The molecule has 3 atom stereocenters. The molecule has 2 heterocycles. The number of hydrogen-bond acceptors (Lipinski definition) is 3. The van der Waals surface area contributed by atoms with E-state index in [1.807, 2.05) is 6.20 Å². The predicted octanol–water partition coefficient (Wildman–Crippen LogP) is 2.03. The van der Waals surface area contributed by atoms with E-state index in [4.69, 9.17) is 0 Å². The van der Waals surface area contributed by atoms with Crippen LogP contribution in [0.25, 0.3) is 0 Å². The van der Waals surface area contributed by atoms with E-state index in [0.29, 0.717) is 12.0 Å². The Balaban J connectivity index is 1.69. The molecular weight excluding hydrogens is 238 g/mol. The van der Waals surface area contributed by atoms with E-state index in [1.165, 1.54) is 31.5 Å². The first-order valence-electron chi connectivity index (χ1n) is 7.71. The second-order valence-electron chi connectivity index (χ2n) is 5.97. The third kappa shape index (κ3) is 2.56. The second-order valence-corrected chi connectivity index (χ2v) is 5.97. The predicted molar refractivity (Wildman–Crippen MR) is 74.7 cm³/mol. The average molecular weight is 263 g/mol. The van der Waals surface area contributed by atoms with Gasteiger partial charge < -0.3 is 9.67 Å². The van der Waals surface area contributed by atoms with Crippen LogP contribution in [0, 0.1) is 5.92 Å². The highest BCUT2D eigenvalue weighted by atomic mass is 16.3. The van der Waals surface area contributed by atoms with E-state index in [2.05, 4.69) is 27.6 Å². The van der Waals surface area contributed by atoms with Gasteiger partial charge in [0.25, 0.3) is 0 Å². The van der Waals surface area contributed by atoms with Gasteiger partial charge in [-0.15, -0.1) is 0 Å². The molecule has 1 saturated heterocycles. The summed E-state index contributed by atoms with van der Waals surface area (Å²) in [5, 5.41) is 10.1. The van der Waals surface area contributed by atoms with Crippen LogP contribution in [0.1, 0.15) is 44.9 Å².